The average molecular weight is 447 g/mol. The maximum atomic E-state index is 13.5. The summed E-state index contributed by atoms with van der Waals surface area (Å²) in [5.74, 6) is -0.190. The van der Waals surface area contributed by atoms with E-state index in [1.54, 1.807) is 67.6 Å². The number of methoxy groups -OCH3 is 1. The molecule has 0 unspecified atom stereocenters. The van der Waals surface area contributed by atoms with E-state index in [-0.39, 0.29) is 12.4 Å². The molecule has 0 bridgehead atoms. The summed E-state index contributed by atoms with van der Waals surface area (Å²) in [6.07, 6.45) is 0. The summed E-state index contributed by atoms with van der Waals surface area (Å²) in [6.45, 7) is 1.77. The van der Waals surface area contributed by atoms with Gasteiger partial charge in [0.1, 0.15) is 17.6 Å². The fourth-order valence-corrected chi connectivity index (χ4v) is 3.67. The second-order valence-electron chi connectivity index (χ2n) is 7.53. The van der Waals surface area contributed by atoms with Crippen LogP contribution in [-0.4, -0.2) is 22.2 Å². The normalized spacial score (nSPS) is 11.8. The van der Waals surface area contributed by atoms with E-state index in [4.69, 9.17) is 4.74 Å². The molecule has 168 valence electrons. The molecule has 33 heavy (non-hydrogen) atoms. The molecule has 0 saturated carbocycles. The van der Waals surface area contributed by atoms with Crippen molar-refractivity contribution in [2.75, 3.05) is 7.11 Å². The van der Waals surface area contributed by atoms with Gasteiger partial charge in [-0.1, -0.05) is 24.3 Å². The third kappa shape index (κ3) is 4.27. The highest BCUT2D eigenvalue weighted by Gasteiger charge is 2.22. The highest BCUT2D eigenvalue weighted by molar-refractivity contribution is 5.84. The summed E-state index contributed by atoms with van der Waals surface area (Å²) in [6, 6.07) is 18.1. The average Bonchev–Trinajstić information content (AvgIpc) is 2.84. The maximum Gasteiger partial charge on any atom is 0.336 e. The fraction of sp³-hybridized carbons (Fsp3) is 0.160. The van der Waals surface area contributed by atoms with Gasteiger partial charge in [-0.05, 0) is 61.0 Å². The van der Waals surface area contributed by atoms with Gasteiger partial charge in [0.15, 0.2) is 0 Å². The number of hydrogen-bond acceptors (Lipinski definition) is 4. The van der Waals surface area contributed by atoms with Gasteiger partial charge >= 0.3 is 5.69 Å². The summed E-state index contributed by atoms with van der Waals surface area (Å²) in [5.41, 5.74) is 0.340. The molecule has 0 aliphatic rings. The van der Waals surface area contributed by atoms with Crippen LogP contribution in [0.1, 0.15) is 18.5 Å². The quantitative estimate of drug-likeness (QED) is 0.492. The van der Waals surface area contributed by atoms with Gasteiger partial charge in [-0.15, -0.1) is 0 Å². The molecule has 4 aromatic rings. The van der Waals surface area contributed by atoms with Crippen molar-refractivity contribution < 1.29 is 13.9 Å². The van der Waals surface area contributed by atoms with E-state index < -0.39 is 23.2 Å². The molecule has 1 N–H and O–H groups in total. The molecule has 1 heterocycles. The van der Waals surface area contributed by atoms with Crippen molar-refractivity contribution in [1.82, 2.24) is 14.5 Å². The van der Waals surface area contributed by atoms with Crippen LogP contribution in [0.25, 0.3) is 16.6 Å². The number of amides is 1. The van der Waals surface area contributed by atoms with Crippen LogP contribution in [0.5, 0.6) is 5.75 Å². The maximum absolute atomic E-state index is 13.5. The number of fused-ring (bicyclic) bond motifs is 1. The second-order valence-corrected chi connectivity index (χ2v) is 7.53. The third-order valence-corrected chi connectivity index (χ3v) is 5.47. The van der Waals surface area contributed by atoms with Gasteiger partial charge in [-0.3, -0.25) is 14.2 Å². The van der Waals surface area contributed by atoms with Crippen LogP contribution in [0, 0.1) is 5.82 Å². The second kappa shape index (κ2) is 9.12. The Hall–Kier alpha value is -4.20. The van der Waals surface area contributed by atoms with Crippen LogP contribution >= 0.6 is 0 Å². The van der Waals surface area contributed by atoms with Crippen molar-refractivity contribution in [2.24, 2.45) is 0 Å². The largest absolute Gasteiger partial charge is 0.497 e. The standard InChI is InChI=1S/C25H22FN3O4/c1-16(23(30)27-15-17-7-9-18(26)10-8-17)28-22-6-4-3-5-21(22)24(31)29(25(28)32)19-11-13-20(33-2)14-12-19/h3-14,16H,15H2,1-2H3,(H,27,30)/t16-/m1/s1. The number of ether oxygens (including phenoxy) is 1. The Balaban J connectivity index is 1.77. The first kappa shape index (κ1) is 22.0. The summed E-state index contributed by atoms with van der Waals surface area (Å²) >= 11 is 0. The van der Waals surface area contributed by atoms with Crippen LogP contribution in [0.3, 0.4) is 0 Å². The van der Waals surface area contributed by atoms with E-state index >= 15 is 0 Å². The smallest absolute Gasteiger partial charge is 0.336 e. The molecule has 4 rings (SSSR count). The van der Waals surface area contributed by atoms with Gasteiger partial charge in [0.05, 0.1) is 23.7 Å². The van der Waals surface area contributed by atoms with Gasteiger partial charge < -0.3 is 10.1 Å². The Morgan fingerprint density at radius 1 is 1.00 bits per heavy atom. The number of carbonyl (C=O) groups is 1. The van der Waals surface area contributed by atoms with Crippen LogP contribution in [-0.2, 0) is 11.3 Å². The van der Waals surface area contributed by atoms with Crippen LogP contribution in [0.4, 0.5) is 4.39 Å². The van der Waals surface area contributed by atoms with E-state index in [9.17, 15) is 18.8 Å². The summed E-state index contributed by atoms with van der Waals surface area (Å²) in [4.78, 5) is 39.6. The van der Waals surface area contributed by atoms with Crippen LogP contribution in [0.15, 0.2) is 82.4 Å². The number of hydrogen-bond donors (Lipinski definition) is 1. The van der Waals surface area contributed by atoms with Crippen molar-refractivity contribution in [1.29, 1.82) is 0 Å². The van der Waals surface area contributed by atoms with Crippen molar-refractivity contribution in [3.63, 3.8) is 0 Å². The molecule has 0 aliphatic heterocycles. The SMILES string of the molecule is COc1ccc(-n2c(=O)c3ccccc3n([C@H](C)C(=O)NCc3ccc(F)cc3)c2=O)cc1. The molecule has 0 radical (unpaired) electrons. The zero-order chi connectivity index (χ0) is 23.5. The number of carbonyl (C=O) groups excluding carboxylic acids is 1. The molecular formula is C25H22FN3O4. The molecule has 1 atom stereocenters. The molecule has 1 aromatic heterocycles. The van der Waals surface area contributed by atoms with E-state index in [1.807, 2.05) is 0 Å². The minimum Gasteiger partial charge on any atom is -0.497 e. The zero-order valence-electron chi connectivity index (χ0n) is 18.1. The summed E-state index contributed by atoms with van der Waals surface area (Å²) in [7, 11) is 1.52. The topological polar surface area (TPSA) is 82.3 Å². The fourth-order valence-electron chi connectivity index (χ4n) is 3.67. The minimum atomic E-state index is -0.909. The number of halogens is 1. The number of nitrogens with one attached hydrogen (secondary N) is 1. The molecule has 0 saturated heterocycles. The number of aromatic nitrogens is 2. The van der Waals surface area contributed by atoms with Crippen LogP contribution < -0.4 is 21.3 Å². The zero-order valence-corrected chi connectivity index (χ0v) is 18.1. The summed E-state index contributed by atoms with van der Waals surface area (Å²) in [5, 5.41) is 3.08. The van der Waals surface area contributed by atoms with E-state index in [0.29, 0.717) is 22.3 Å². The third-order valence-electron chi connectivity index (χ3n) is 5.47. The van der Waals surface area contributed by atoms with E-state index in [2.05, 4.69) is 5.32 Å². The molecule has 0 fully saturated rings. The highest BCUT2D eigenvalue weighted by atomic mass is 19.1. The number of nitrogens with zero attached hydrogens (tertiary/aromatic N) is 2. The first-order valence-electron chi connectivity index (χ1n) is 10.3. The Kier molecular flexibility index (Phi) is 6.08. The van der Waals surface area contributed by atoms with Gasteiger partial charge in [0.2, 0.25) is 5.91 Å². The number of benzene rings is 3. The van der Waals surface area contributed by atoms with Crippen molar-refractivity contribution in [3.8, 4) is 11.4 Å². The minimum absolute atomic E-state index is 0.175. The lowest BCUT2D eigenvalue weighted by Crippen LogP contribution is -2.43. The Morgan fingerprint density at radius 3 is 2.33 bits per heavy atom. The highest BCUT2D eigenvalue weighted by Crippen LogP contribution is 2.17. The molecule has 1 amide bonds. The number of para-hydroxylation sites is 1. The lowest BCUT2D eigenvalue weighted by atomic mass is 10.2. The van der Waals surface area contributed by atoms with Gasteiger partial charge in [-0.2, -0.15) is 0 Å². The van der Waals surface area contributed by atoms with Gasteiger partial charge in [-0.25, -0.2) is 13.8 Å². The van der Waals surface area contributed by atoms with Gasteiger partial charge in [0, 0.05) is 6.54 Å². The first-order valence-corrected chi connectivity index (χ1v) is 10.3. The predicted molar refractivity (Wildman–Crippen MR) is 123 cm³/mol. The lowest BCUT2D eigenvalue weighted by molar-refractivity contribution is -0.124. The lowest BCUT2D eigenvalue weighted by Gasteiger charge is -2.19. The van der Waals surface area contributed by atoms with E-state index in [0.717, 1.165) is 10.1 Å². The van der Waals surface area contributed by atoms with Gasteiger partial charge in [0.25, 0.3) is 5.56 Å². The van der Waals surface area contributed by atoms with Crippen molar-refractivity contribution >= 4 is 16.8 Å². The van der Waals surface area contributed by atoms with Crippen molar-refractivity contribution in [2.45, 2.75) is 19.5 Å². The molecule has 0 spiro atoms. The number of rotatable bonds is 6. The summed E-state index contributed by atoms with van der Waals surface area (Å²) < 4.78 is 20.6. The molecular weight excluding hydrogens is 425 g/mol. The predicted octanol–water partition coefficient (Wildman–Crippen LogP) is 3.18. The monoisotopic (exact) mass is 447 g/mol. The molecule has 8 heteroatoms. The molecule has 3 aromatic carbocycles. The molecule has 7 nitrogen and oxygen atoms in total. The Bertz CT molecular complexity index is 1420. The molecule has 0 aliphatic carbocycles. The van der Waals surface area contributed by atoms with Crippen molar-refractivity contribution in [3.05, 3.63) is 105 Å². The Labute approximate surface area is 188 Å². The Morgan fingerprint density at radius 2 is 1.67 bits per heavy atom. The van der Waals surface area contributed by atoms with E-state index in [1.165, 1.54) is 23.8 Å². The van der Waals surface area contributed by atoms with Crippen LogP contribution in [0.2, 0.25) is 0 Å². The first-order chi connectivity index (χ1) is 15.9.